The van der Waals surface area contributed by atoms with Gasteiger partial charge in [0, 0.05) is 45.7 Å². The van der Waals surface area contributed by atoms with Gasteiger partial charge in [-0.05, 0) is 54.6 Å². The van der Waals surface area contributed by atoms with Crippen molar-refractivity contribution in [3.63, 3.8) is 0 Å². The number of nitrogens with zero attached hydrogens (tertiary/aromatic N) is 4. The third kappa shape index (κ3) is 3.97. The number of aromatic nitrogens is 6. The fourth-order valence-corrected chi connectivity index (χ4v) is 5.78. The summed E-state index contributed by atoms with van der Waals surface area (Å²) in [6, 6.07) is 12.0. The molecule has 0 unspecified atom stereocenters. The molecule has 0 spiro atoms. The second-order valence-electron chi connectivity index (χ2n) is 9.41. The van der Waals surface area contributed by atoms with E-state index in [0.717, 1.165) is 81.5 Å². The number of fused-ring (bicyclic) bond motifs is 2. The van der Waals surface area contributed by atoms with Crippen molar-refractivity contribution in [2.45, 2.75) is 25.7 Å². The van der Waals surface area contributed by atoms with E-state index in [4.69, 9.17) is 4.98 Å². The van der Waals surface area contributed by atoms with Crippen molar-refractivity contribution < 1.29 is 4.79 Å². The van der Waals surface area contributed by atoms with Crippen LogP contribution in [0.3, 0.4) is 0 Å². The van der Waals surface area contributed by atoms with E-state index in [1.807, 2.05) is 30.5 Å². The topological polar surface area (TPSA) is 112 Å². The fraction of sp³-hybridized carbons (Fsp3) is 0.179. The van der Waals surface area contributed by atoms with Gasteiger partial charge < -0.3 is 10.3 Å². The van der Waals surface area contributed by atoms with Gasteiger partial charge in [0.2, 0.25) is 5.91 Å². The molecule has 6 heterocycles. The molecule has 0 saturated heterocycles. The van der Waals surface area contributed by atoms with Crippen LogP contribution in [-0.4, -0.2) is 36.0 Å². The van der Waals surface area contributed by atoms with Gasteiger partial charge in [-0.1, -0.05) is 12.8 Å². The maximum Gasteiger partial charge on any atom is 0.227 e. The van der Waals surface area contributed by atoms with Gasteiger partial charge >= 0.3 is 0 Å². The van der Waals surface area contributed by atoms with E-state index in [0.29, 0.717) is 5.69 Å². The Labute approximate surface area is 216 Å². The van der Waals surface area contributed by atoms with Crippen molar-refractivity contribution in [2.24, 2.45) is 5.92 Å². The standard InChI is InChI=1S/C28H23N7OS/c36-28(16-3-1-2-4-16)31-19-11-18(13-29-14-19)21-5-6-23-26(33-21)27(35-34-23)24-12-20-22(32-24)7-9-30-25(20)17-8-10-37-15-17/h5-16,32H,1-4H2,(H,31,36)(H,34,35). The molecule has 182 valence electrons. The van der Waals surface area contributed by atoms with Gasteiger partial charge in [0.05, 0.1) is 34.5 Å². The van der Waals surface area contributed by atoms with Crippen molar-refractivity contribution in [3.8, 4) is 33.9 Å². The quantitative estimate of drug-likeness (QED) is 0.250. The Hall–Kier alpha value is -4.37. The van der Waals surface area contributed by atoms with Gasteiger partial charge in [-0.25, -0.2) is 4.98 Å². The first-order valence-electron chi connectivity index (χ1n) is 12.3. The Balaban J connectivity index is 1.25. The predicted molar refractivity (Wildman–Crippen MR) is 146 cm³/mol. The number of rotatable bonds is 5. The van der Waals surface area contributed by atoms with Crippen LogP contribution in [0.1, 0.15) is 25.7 Å². The van der Waals surface area contributed by atoms with Gasteiger partial charge in [-0.15, -0.1) is 0 Å². The predicted octanol–water partition coefficient (Wildman–Crippen LogP) is 6.42. The average Bonchev–Trinajstić information content (AvgIpc) is 3.74. The zero-order valence-corrected chi connectivity index (χ0v) is 20.7. The lowest BCUT2D eigenvalue weighted by Gasteiger charge is -2.11. The number of H-pyrrole nitrogens is 2. The number of amides is 1. The van der Waals surface area contributed by atoms with E-state index in [-0.39, 0.29) is 11.8 Å². The number of pyridine rings is 3. The first-order chi connectivity index (χ1) is 18.2. The van der Waals surface area contributed by atoms with Crippen molar-refractivity contribution >= 4 is 44.9 Å². The lowest BCUT2D eigenvalue weighted by atomic mass is 10.1. The van der Waals surface area contributed by atoms with E-state index >= 15 is 0 Å². The van der Waals surface area contributed by atoms with Crippen LogP contribution in [0, 0.1) is 5.92 Å². The lowest BCUT2D eigenvalue weighted by molar-refractivity contribution is -0.119. The highest BCUT2D eigenvalue weighted by molar-refractivity contribution is 7.08. The molecule has 0 aromatic carbocycles. The van der Waals surface area contributed by atoms with Gasteiger partial charge in [0.25, 0.3) is 0 Å². The summed E-state index contributed by atoms with van der Waals surface area (Å²) in [7, 11) is 0. The van der Waals surface area contributed by atoms with Crippen molar-refractivity contribution in [1.29, 1.82) is 0 Å². The number of anilines is 1. The Kier molecular flexibility index (Phi) is 5.28. The van der Waals surface area contributed by atoms with E-state index in [1.54, 1.807) is 23.7 Å². The van der Waals surface area contributed by atoms with Crippen LogP contribution in [0.5, 0.6) is 0 Å². The van der Waals surface area contributed by atoms with Crippen LogP contribution >= 0.6 is 11.3 Å². The van der Waals surface area contributed by atoms with Gasteiger partial charge in [0.15, 0.2) is 0 Å². The van der Waals surface area contributed by atoms with Crippen LogP contribution in [-0.2, 0) is 4.79 Å². The molecule has 7 rings (SSSR count). The number of hydrogen-bond donors (Lipinski definition) is 3. The molecule has 6 aromatic heterocycles. The van der Waals surface area contributed by atoms with E-state index in [9.17, 15) is 4.79 Å². The second kappa shape index (κ2) is 8.94. The van der Waals surface area contributed by atoms with Crippen molar-refractivity contribution in [1.82, 2.24) is 30.1 Å². The third-order valence-electron chi connectivity index (χ3n) is 7.03. The van der Waals surface area contributed by atoms with Crippen LogP contribution in [0.25, 0.3) is 55.8 Å². The number of thiophene rings is 1. The normalized spacial score (nSPS) is 14.1. The first-order valence-corrected chi connectivity index (χ1v) is 13.3. The summed E-state index contributed by atoms with van der Waals surface area (Å²) in [6.07, 6.45) is 9.42. The molecule has 1 aliphatic rings. The molecule has 1 amide bonds. The van der Waals surface area contributed by atoms with Gasteiger partial charge in [-0.3, -0.25) is 19.9 Å². The van der Waals surface area contributed by atoms with Gasteiger partial charge in [0.1, 0.15) is 11.2 Å². The highest BCUT2D eigenvalue weighted by Crippen LogP contribution is 2.34. The van der Waals surface area contributed by atoms with Crippen molar-refractivity contribution in [2.75, 3.05) is 5.32 Å². The Morgan fingerprint density at radius 2 is 1.92 bits per heavy atom. The maximum atomic E-state index is 12.6. The summed E-state index contributed by atoms with van der Waals surface area (Å²) in [5.74, 6) is 0.172. The first kappa shape index (κ1) is 21.9. The zero-order chi connectivity index (χ0) is 24.8. The Morgan fingerprint density at radius 1 is 1.00 bits per heavy atom. The molecule has 8 nitrogen and oxygen atoms in total. The van der Waals surface area contributed by atoms with Crippen LogP contribution in [0.15, 0.2) is 65.7 Å². The van der Waals surface area contributed by atoms with Crippen LogP contribution < -0.4 is 5.32 Å². The zero-order valence-electron chi connectivity index (χ0n) is 19.9. The Bertz CT molecular complexity index is 1750. The summed E-state index contributed by atoms with van der Waals surface area (Å²) >= 11 is 1.65. The SMILES string of the molecule is O=C(Nc1cncc(-c2ccc3[nH]nc(-c4cc5c(-c6ccsc6)nccc5[nH]4)c3n2)c1)C1CCCC1. The highest BCUT2D eigenvalue weighted by atomic mass is 32.1. The molecule has 0 bridgehead atoms. The Morgan fingerprint density at radius 3 is 2.78 bits per heavy atom. The van der Waals surface area contributed by atoms with E-state index < -0.39 is 0 Å². The lowest BCUT2D eigenvalue weighted by Crippen LogP contribution is -2.20. The molecule has 0 aliphatic heterocycles. The van der Waals surface area contributed by atoms with Gasteiger partial charge in [-0.2, -0.15) is 16.4 Å². The number of aromatic amines is 2. The molecular formula is C28H23N7OS. The van der Waals surface area contributed by atoms with Crippen molar-refractivity contribution in [3.05, 3.63) is 65.7 Å². The minimum Gasteiger partial charge on any atom is -0.353 e. The number of hydrogen-bond acceptors (Lipinski definition) is 6. The highest BCUT2D eigenvalue weighted by Gasteiger charge is 2.23. The maximum absolute atomic E-state index is 12.6. The number of carbonyl (C=O) groups is 1. The average molecular weight is 506 g/mol. The summed E-state index contributed by atoms with van der Waals surface area (Å²) in [5.41, 5.74) is 8.52. The molecule has 0 radical (unpaired) electrons. The van der Waals surface area contributed by atoms with E-state index in [2.05, 4.69) is 53.4 Å². The van der Waals surface area contributed by atoms with E-state index in [1.165, 1.54) is 0 Å². The summed E-state index contributed by atoms with van der Waals surface area (Å²) in [4.78, 5) is 30.0. The molecule has 9 heteroatoms. The molecule has 1 saturated carbocycles. The summed E-state index contributed by atoms with van der Waals surface area (Å²) in [5, 5.41) is 15.9. The summed E-state index contributed by atoms with van der Waals surface area (Å²) in [6.45, 7) is 0. The fourth-order valence-electron chi connectivity index (χ4n) is 5.14. The molecule has 0 atom stereocenters. The second-order valence-corrected chi connectivity index (χ2v) is 10.2. The smallest absolute Gasteiger partial charge is 0.227 e. The molecule has 3 N–H and O–H groups in total. The number of nitrogens with one attached hydrogen (secondary N) is 3. The monoisotopic (exact) mass is 505 g/mol. The number of carbonyl (C=O) groups excluding carboxylic acids is 1. The molecular weight excluding hydrogens is 482 g/mol. The molecule has 1 aliphatic carbocycles. The third-order valence-corrected chi connectivity index (χ3v) is 7.72. The minimum atomic E-state index is 0.0760. The molecule has 37 heavy (non-hydrogen) atoms. The summed E-state index contributed by atoms with van der Waals surface area (Å²) < 4.78 is 0. The van der Waals surface area contributed by atoms with Crippen LogP contribution in [0.4, 0.5) is 5.69 Å². The minimum absolute atomic E-state index is 0.0760. The largest absolute Gasteiger partial charge is 0.353 e. The molecule has 6 aromatic rings. The molecule has 1 fully saturated rings. The van der Waals surface area contributed by atoms with Crippen LogP contribution in [0.2, 0.25) is 0 Å².